The van der Waals surface area contributed by atoms with E-state index < -0.39 is 0 Å². The largest absolute Gasteiger partial charge is 0.508 e. The minimum atomic E-state index is 0.318. The smallest absolute Gasteiger partial charge is 0.135 e. The first-order valence-corrected chi connectivity index (χ1v) is 10.7. The van der Waals surface area contributed by atoms with Gasteiger partial charge in [-0.1, -0.05) is 30.3 Å². The highest BCUT2D eigenvalue weighted by atomic mass is 16.3. The fourth-order valence-corrected chi connectivity index (χ4v) is 6.60. The molecule has 144 valence electrons. The molecular weight excluding hydrogens is 346 g/mol. The Morgan fingerprint density at radius 3 is 2.32 bits per heavy atom. The summed E-state index contributed by atoms with van der Waals surface area (Å²) in [6.07, 6.45) is 8.36. The normalized spacial score (nSPS) is 30.9. The summed E-state index contributed by atoms with van der Waals surface area (Å²) >= 11 is 0. The average molecular weight is 373 g/mol. The third kappa shape index (κ3) is 2.76. The Hall–Kier alpha value is -2.26. The van der Waals surface area contributed by atoms with E-state index in [0.717, 1.165) is 52.2 Å². The van der Waals surface area contributed by atoms with Crippen LogP contribution in [0.25, 0.3) is 22.3 Å². The molecule has 4 aliphatic rings. The molecule has 0 spiro atoms. The lowest BCUT2D eigenvalue weighted by Crippen LogP contribution is -2.58. The van der Waals surface area contributed by atoms with Gasteiger partial charge in [-0.2, -0.15) is 0 Å². The highest BCUT2D eigenvalue weighted by molar-refractivity contribution is 5.82. The van der Waals surface area contributed by atoms with Gasteiger partial charge in [0.05, 0.1) is 0 Å². The second-order valence-corrected chi connectivity index (χ2v) is 9.54. The standard InChI is InChI=1S/C25H27NO2/c27-22-10-20(24-11-19-3-1-2-4-23(19)28-24)5-6-21(22)15-26-25-12-16-7-17(13-25)9-18(8-16)14-25/h1-6,10-11,16-18,26-27H,7-9,12-15H2. The molecule has 2 aromatic carbocycles. The van der Waals surface area contributed by atoms with Crippen LogP contribution < -0.4 is 5.32 Å². The molecule has 0 radical (unpaired) electrons. The van der Waals surface area contributed by atoms with Crippen molar-refractivity contribution < 1.29 is 9.52 Å². The monoisotopic (exact) mass is 373 g/mol. The van der Waals surface area contributed by atoms with Gasteiger partial charge in [0.1, 0.15) is 17.1 Å². The van der Waals surface area contributed by atoms with Crippen LogP contribution in [0.3, 0.4) is 0 Å². The van der Waals surface area contributed by atoms with E-state index in [2.05, 4.69) is 11.4 Å². The van der Waals surface area contributed by atoms with Crippen molar-refractivity contribution in [1.29, 1.82) is 0 Å². The molecule has 4 aliphatic carbocycles. The van der Waals surface area contributed by atoms with Gasteiger partial charge in [-0.25, -0.2) is 0 Å². The molecule has 4 saturated carbocycles. The third-order valence-electron chi connectivity index (χ3n) is 7.49. The van der Waals surface area contributed by atoms with E-state index in [9.17, 15) is 5.11 Å². The molecule has 0 unspecified atom stereocenters. The zero-order valence-electron chi connectivity index (χ0n) is 16.2. The Kier molecular flexibility index (Phi) is 3.64. The number of hydrogen-bond acceptors (Lipinski definition) is 3. The van der Waals surface area contributed by atoms with Crippen molar-refractivity contribution in [2.45, 2.75) is 50.6 Å². The average Bonchev–Trinajstić information content (AvgIpc) is 3.10. The number of fused-ring (bicyclic) bond motifs is 1. The number of phenols is 1. The number of para-hydroxylation sites is 1. The van der Waals surface area contributed by atoms with E-state index in [-0.39, 0.29) is 0 Å². The van der Waals surface area contributed by atoms with Crippen molar-refractivity contribution in [3.8, 4) is 17.1 Å². The summed E-state index contributed by atoms with van der Waals surface area (Å²) < 4.78 is 5.95. The summed E-state index contributed by atoms with van der Waals surface area (Å²) in [7, 11) is 0. The van der Waals surface area contributed by atoms with Crippen molar-refractivity contribution in [2.75, 3.05) is 0 Å². The summed E-state index contributed by atoms with van der Waals surface area (Å²) in [6.45, 7) is 0.748. The minimum absolute atomic E-state index is 0.318. The highest BCUT2D eigenvalue weighted by Crippen LogP contribution is 2.55. The molecular formula is C25H27NO2. The van der Waals surface area contributed by atoms with E-state index in [1.165, 1.54) is 38.5 Å². The van der Waals surface area contributed by atoms with Gasteiger partial charge in [0.2, 0.25) is 0 Å². The molecule has 7 rings (SSSR count). The van der Waals surface area contributed by atoms with E-state index in [1.54, 1.807) is 0 Å². The van der Waals surface area contributed by atoms with Crippen LogP contribution in [0.15, 0.2) is 52.9 Å². The minimum Gasteiger partial charge on any atom is -0.508 e. The highest BCUT2D eigenvalue weighted by Gasteiger charge is 2.50. The van der Waals surface area contributed by atoms with Crippen LogP contribution in [0.1, 0.15) is 44.1 Å². The first kappa shape index (κ1) is 16.7. The van der Waals surface area contributed by atoms with E-state index in [0.29, 0.717) is 11.3 Å². The quantitative estimate of drug-likeness (QED) is 0.602. The first-order chi connectivity index (χ1) is 13.7. The lowest BCUT2D eigenvalue weighted by Gasteiger charge is -2.57. The van der Waals surface area contributed by atoms with Gasteiger partial charge in [-0.3, -0.25) is 0 Å². The van der Waals surface area contributed by atoms with Crippen molar-refractivity contribution >= 4 is 11.0 Å². The summed E-state index contributed by atoms with van der Waals surface area (Å²) in [4.78, 5) is 0. The van der Waals surface area contributed by atoms with Gasteiger partial charge < -0.3 is 14.8 Å². The molecule has 3 nitrogen and oxygen atoms in total. The number of nitrogens with one attached hydrogen (secondary N) is 1. The van der Waals surface area contributed by atoms with E-state index in [1.807, 2.05) is 42.5 Å². The molecule has 0 amide bonds. The fourth-order valence-electron chi connectivity index (χ4n) is 6.60. The van der Waals surface area contributed by atoms with Crippen LogP contribution in [0, 0.1) is 17.8 Å². The van der Waals surface area contributed by atoms with Gasteiger partial charge >= 0.3 is 0 Å². The summed E-state index contributed by atoms with van der Waals surface area (Å²) in [6, 6.07) is 16.0. The van der Waals surface area contributed by atoms with Crippen LogP contribution in [-0.4, -0.2) is 10.6 Å². The molecule has 2 N–H and O–H groups in total. The zero-order chi connectivity index (χ0) is 18.7. The molecule has 0 atom stereocenters. The first-order valence-electron chi connectivity index (χ1n) is 10.7. The Morgan fingerprint density at radius 2 is 1.64 bits per heavy atom. The van der Waals surface area contributed by atoms with Gasteiger partial charge in [0, 0.05) is 28.6 Å². The second kappa shape index (κ2) is 6.12. The zero-order valence-corrected chi connectivity index (χ0v) is 16.2. The molecule has 1 aromatic heterocycles. The Bertz CT molecular complexity index is 966. The predicted molar refractivity (Wildman–Crippen MR) is 111 cm³/mol. The number of hydrogen-bond donors (Lipinski definition) is 2. The maximum atomic E-state index is 10.7. The maximum absolute atomic E-state index is 10.7. The summed E-state index contributed by atoms with van der Waals surface area (Å²) in [5.41, 5.74) is 3.10. The number of aromatic hydroxyl groups is 1. The molecule has 4 fully saturated rings. The number of rotatable bonds is 4. The van der Waals surface area contributed by atoms with Crippen LogP contribution in [0.2, 0.25) is 0 Å². The molecule has 0 aliphatic heterocycles. The fraction of sp³-hybridized carbons (Fsp3) is 0.440. The Morgan fingerprint density at radius 1 is 0.929 bits per heavy atom. The number of benzene rings is 2. The number of phenolic OH excluding ortho intramolecular Hbond substituents is 1. The molecule has 3 heteroatoms. The third-order valence-corrected chi connectivity index (χ3v) is 7.49. The van der Waals surface area contributed by atoms with Crippen molar-refractivity contribution in [3.05, 3.63) is 54.1 Å². The molecule has 0 saturated heterocycles. The topological polar surface area (TPSA) is 45.4 Å². The van der Waals surface area contributed by atoms with E-state index in [4.69, 9.17) is 4.42 Å². The lowest BCUT2D eigenvalue weighted by molar-refractivity contribution is -0.0206. The van der Waals surface area contributed by atoms with Gasteiger partial charge in [0.15, 0.2) is 0 Å². The predicted octanol–water partition coefficient (Wildman–Crippen LogP) is 5.86. The van der Waals surface area contributed by atoms with Gasteiger partial charge in [0.25, 0.3) is 0 Å². The summed E-state index contributed by atoms with van der Waals surface area (Å²) in [5, 5.41) is 15.6. The molecule has 3 aromatic rings. The van der Waals surface area contributed by atoms with Crippen LogP contribution in [0.4, 0.5) is 0 Å². The number of furan rings is 1. The van der Waals surface area contributed by atoms with Crippen LogP contribution >= 0.6 is 0 Å². The Balaban J connectivity index is 1.21. The van der Waals surface area contributed by atoms with Crippen molar-refractivity contribution in [1.82, 2.24) is 5.32 Å². The molecule has 4 bridgehead atoms. The maximum Gasteiger partial charge on any atom is 0.135 e. The van der Waals surface area contributed by atoms with Crippen LogP contribution in [0.5, 0.6) is 5.75 Å². The van der Waals surface area contributed by atoms with Crippen molar-refractivity contribution in [3.63, 3.8) is 0 Å². The summed E-state index contributed by atoms with van der Waals surface area (Å²) in [5.74, 6) is 3.96. The Labute approximate surface area is 165 Å². The van der Waals surface area contributed by atoms with Crippen molar-refractivity contribution in [2.24, 2.45) is 17.8 Å². The molecule has 1 heterocycles. The SMILES string of the molecule is Oc1cc(-c2cc3ccccc3o2)ccc1CNC12CC3CC(CC(C3)C1)C2. The van der Waals surface area contributed by atoms with Gasteiger partial charge in [-0.15, -0.1) is 0 Å². The van der Waals surface area contributed by atoms with E-state index >= 15 is 0 Å². The van der Waals surface area contributed by atoms with Crippen LogP contribution in [-0.2, 0) is 6.54 Å². The lowest BCUT2D eigenvalue weighted by atomic mass is 9.53. The van der Waals surface area contributed by atoms with Gasteiger partial charge in [-0.05, 0) is 74.5 Å². The second-order valence-electron chi connectivity index (χ2n) is 9.54. The molecule has 28 heavy (non-hydrogen) atoms.